The van der Waals surface area contributed by atoms with E-state index >= 15 is 0 Å². The van der Waals surface area contributed by atoms with Gasteiger partial charge in [0, 0.05) is 23.3 Å². The van der Waals surface area contributed by atoms with Gasteiger partial charge < -0.3 is 4.57 Å². The minimum absolute atomic E-state index is 0.173. The number of aryl methyl sites for hydroxylation is 1. The maximum atomic E-state index is 6.29. The number of hydrogen-bond acceptors (Lipinski definition) is 2. The van der Waals surface area contributed by atoms with Crippen molar-refractivity contribution in [3.05, 3.63) is 46.5 Å². The van der Waals surface area contributed by atoms with E-state index in [0.717, 1.165) is 28.1 Å². The summed E-state index contributed by atoms with van der Waals surface area (Å²) in [6.07, 6.45) is 1.89. The molecule has 4 nitrogen and oxygen atoms in total. The maximum absolute atomic E-state index is 6.29. The quantitative estimate of drug-likeness (QED) is 0.681. The Labute approximate surface area is 133 Å². The van der Waals surface area contributed by atoms with E-state index in [9.17, 15) is 0 Å². The normalized spacial score (nSPS) is 13.0. The predicted molar refractivity (Wildman–Crippen MR) is 86.1 cm³/mol. The van der Waals surface area contributed by atoms with Crippen molar-refractivity contribution in [2.45, 2.75) is 25.8 Å². The number of hydrogen-bond donors (Lipinski definition) is 0. The molecule has 2 heterocycles. The first-order valence-corrected chi connectivity index (χ1v) is 7.56. The molecule has 0 spiro atoms. The number of benzene rings is 1. The zero-order valence-electron chi connectivity index (χ0n) is 12.1. The number of halogens is 2. The summed E-state index contributed by atoms with van der Waals surface area (Å²) in [6.45, 7) is 4.68. The molecule has 0 amide bonds. The summed E-state index contributed by atoms with van der Waals surface area (Å²) in [4.78, 5) is 4.63. The molecule has 0 aliphatic rings. The Kier molecular flexibility index (Phi) is 3.68. The molecule has 6 heteroatoms. The van der Waals surface area contributed by atoms with Crippen LogP contribution in [0.25, 0.3) is 11.0 Å². The minimum atomic E-state index is -0.173. The van der Waals surface area contributed by atoms with Crippen molar-refractivity contribution in [2.75, 3.05) is 0 Å². The first-order valence-electron chi connectivity index (χ1n) is 6.74. The lowest BCUT2D eigenvalue weighted by Gasteiger charge is -2.10. The molecule has 21 heavy (non-hydrogen) atoms. The van der Waals surface area contributed by atoms with Crippen molar-refractivity contribution in [2.24, 2.45) is 7.05 Å². The molecule has 0 bridgehead atoms. The number of aromatic nitrogens is 4. The topological polar surface area (TPSA) is 35.6 Å². The molecular weight excluding hydrogens is 307 g/mol. The third kappa shape index (κ3) is 2.54. The Morgan fingerprint density at radius 1 is 1.33 bits per heavy atom. The molecule has 1 atom stereocenters. The SMILES string of the molecule is Cc1c(Cn2c(C(C)Cl)nc3cc(Cl)ccc32)cnn1C. The van der Waals surface area contributed by atoms with Gasteiger partial charge in [0.15, 0.2) is 0 Å². The van der Waals surface area contributed by atoms with Crippen molar-refractivity contribution in [3.63, 3.8) is 0 Å². The average Bonchev–Trinajstić information content (AvgIpc) is 2.94. The van der Waals surface area contributed by atoms with Crippen LogP contribution in [0, 0.1) is 6.92 Å². The Bertz CT molecular complexity index is 801. The number of alkyl halides is 1. The van der Waals surface area contributed by atoms with Crippen LogP contribution >= 0.6 is 23.2 Å². The highest BCUT2D eigenvalue weighted by Crippen LogP contribution is 2.27. The van der Waals surface area contributed by atoms with Crippen LogP contribution in [0.2, 0.25) is 5.02 Å². The van der Waals surface area contributed by atoms with Gasteiger partial charge in [-0.1, -0.05) is 11.6 Å². The van der Waals surface area contributed by atoms with Crippen LogP contribution in [0.4, 0.5) is 0 Å². The Morgan fingerprint density at radius 2 is 2.10 bits per heavy atom. The second-order valence-corrected chi connectivity index (χ2v) is 6.28. The largest absolute Gasteiger partial charge is 0.322 e. The summed E-state index contributed by atoms with van der Waals surface area (Å²) in [5.41, 5.74) is 4.20. The van der Waals surface area contributed by atoms with Gasteiger partial charge in [0.2, 0.25) is 0 Å². The Balaban J connectivity index is 2.15. The van der Waals surface area contributed by atoms with Crippen molar-refractivity contribution in [1.82, 2.24) is 19.3 Å². The molecule has 0 fully saturated rings. The first-order chi connectivity index (χ1) is 9.97. The van der Waals surface area contributed by atoms with Gasteiger partial charge in [0.05, 0.1) is 29.2 Å². The van der Waals surface area contributed by atoms with E-state index < -0.39 is 0 Å². The van der Waals surface area contributed by atoms with Crippen LogP contribution in [0.15, 0.2) is 24.4 Å². The maximum Gasteiger partial charge on any atom is 0.128 e. The molecule has 0 saturated heterocycles. The zero-order valence-corrected chi connectivity index (χ0v) is 13.7. The standard InChI is InChI=1S/C15H16Cl2N4/c1-9(16)15-19-13-6-12(17)4-5-14(13)21(15)8-11-7-18-20(3)10(11)2/h4-7,9H,8H2,1-3H3. The Morgan fingerprint density at radius 3 is 2.71 bits per heavy atom. The van der Waals surface area contributed by atoms with E-state index in [1.54, 1.807) is 0 Å². The lowest BCUT2D eigenvalue weighted by molar-refractivity contribution is 0.720. The second-order valence-electron chi connectivity index (χ2n) is 5.18. The van der Waals surface area contributed by atoms with Gasteiger partial charge in [-0.05, 0) is 32.0 Å². The molecule has 1 aromatic carbocycles. The van der Waals surface area contributed by atoms with Gasteiger partial charge in [-0.25, -0.2) is 4.98 Å². The van der Waals surface area contributed by atoms with Crippen molar-refractivity contribution < 1.29 is 0 Å². The van der Waals surface area contributed by atoms with Crippen LogP contribution in [0.1, 0.15) is 29.4 Å². The van der Waals surface area contributed by atoms with Crippen LogP contribution in [-0.4, -0.2) is 19.3 Å². The van der Waals surface area contributed by atoms with Gasteiger partial charge in [-0.15, -0.1) is 11.6 Å². The fraction of sp³-hybridized carbons (Fsp3) is 0.333. The summed E-state index contributed by atoms with van der Waals surface area (Å²) in [6, 6.07) is 5.73. The highest BCUT2D eigenvalue weighted by molar-refractivity contribution is 6.31. The van der Waals surface area contributed by atoms with Crippen LogP contribution < -0.4 is 0 Å². The molecule has 0 aliphatic heterocycles. The first kappa shape index (κ1) is 14.4. The predicted octanol–water partition coefficient (Wildman–Crippen LogP) is 4.08. The van der Waals surface area contributed by atoms with Gasteiger partial charge in [0.25, 0.3) is 0 Å². The molecule has 1 unspecified atom stereocenters. The molecule has 0 radical (unpaired) electrons. The van der Waals surface area contributed by atoms with Gasteiger partial charge in [0.1, 0.15) is 5.82 Å². The van der Waals surface area contributed by atoms with E-state index in [4.69, 9.17) is 23.2 Å². The van der Waals surface area contributed by atoms with Gasteiger partial charge in [-0.2, -0.15) is 5.10 Å². The molecule has 0 saturated carbocycles. The highest BCUT2D eigenvalue weighted by atomic mass is 35.5. The lowest BCUT2D eigenvalue weighted by Crippen LogP contribution is -2.06. The molecular formula is C15H16Cl2N4. The highest BCUT2D eigenvalue weighted by Gasteiger charge is 2.17. The van der Waals surface area contributed by atoms with Crippen LogP contribution in [-0.2, 0) is 13.6 Å². The Hall–Kier alpha value is -1.52. The molecule has 3 rings (SSSR count). The third-order valence-corrected chi connectivity index (χ3v) is 4.19. The molecule has 0 N–H and O–H groups in total. The summed E-state index contributed by atoms with van der Waals surface area (Å²) < 4.78 is 4.00. The molecule has 110 valence electrons. The summed E-state index contributed by atoms with van der Waals surface area (Å²) in [7, 11) is 1.94. The summed E-state index contributed by atoms with van der Waals surface area (Å²) in [5, 5.41) is 4.80. The fourth-order valence-electron chi connectivity index (χ4n) is 2.46. The monoisotopic (exact) mass is 322 g/mol. The number of fused-ring (bicyclic) bond motifs is 1. The summed E-state index contributed by atoms with van der Waals surface area (Å²) >= 11 is 12.3. The number of nitrogens with zero attached hydrogens (tertiary/aromatic N) is 4. The molecule has 3 aromatic rings. The smallest absolute Gasteiger partial charge is 0.128 e. The number of rotatable bonds is 3. The lowest BCUT2D eigenvalue weighted by atomic mass is 10.2. The van der Waals surface area contributed by atoms with Gasteiger partial charge in [-0.3, -0.25) is 4.68 Å². The number of imidazole rings is 1. The van der Waals surface area contributed by atoms with Crippen LogP contribution in [0.3, 0.4) is 0 Å². The van der Waals surface area contributed by atoms with Crippen LogP contribution in [0.5, 0.6) is 0 Å². The fourth-order valence-corrected chi connectivity index (χ4v) is 2.79. The van der Waals surface area contributed by atoms with E-state index in [2.05, 4.69) is 21.6 Å². The minimum Gasteiger partial charge on any atom is -0.322 e. The van der Waals surface area contributed by atoms with Crippen molar-refractivity contribution in [3.8, 4) is 0 Å². The van der Waals surface area contributed by atoms with E-state index in [1.165, 1.54) is 0 Å². The van der Waals surface area contributed by atoms with Crippen molar-refractivity contribution >= 4 is 34.2 Å². The molecule has 0 aliphatic carbocycles. The van der Waals surface area contributed by atoms with Gasteiger partial charge >= 0.3 is 0 Å². The zero-order chi connectivity index (χ0) is 15.1. The van der Waals surface area contributed by atoms with E-state index in [1.807, 2.05) is 43.0 Å². The summed E-state index contributed by atoms with van der Waals surface area (Å²) in [5.74, 6) is 0.845. The second kappa shape index (κ2) is 5.35. The van der Waals surface area contributed by atoms with Crippen molar-refractivity contribution in [1.29, 1.82) is 0 Å². The molecule has 2 aromatic heterocycles. The van der Waals surface area contributed by atoms with E-state index in [0.29, 0.717) is 11.6 Å². The third-order valence-electron chi connectivity index (χ3n) is 3.76. The van der Waals surface area contributed by atoms with E-state index in [-0.39, 0.29) is 5.38 Å². The average molecular weight is 323 g/mol.